The molecule has 160 valence electrons. The van der Waals surface area contributed by atoms with Crippen LogP contribution < -0.4 is 27.0 Å². The van der Waals surface area contributed by atoms with E-state index in [9.17, 15) is 9.59 Å². The SMILES string of the molecule is CC(C)(C)OC(=O)NCCCC(=O)NCCCNCCCCNCCCN. The van der Waals surface area contributed by atoms with Gasteiger partial charge >= 0.3 is 6.09 Å². The summed E-state index contributed by atoms with van der Waals surface area (Å²) in [7, 11) is 0. The van der Waals surface area contributed by atoms with E-state index in [4.69, 9.17) is 10.5 Å². The molecule has 0 aromatic carbocycles. The first-order valence-corrected chi connectivity index (χ1v) is 10.2. The highest BCUT2D eigenvalue weighted by Gasteiger charge is 2.15. The molecule has 27 heavy (non-hydrogen) atoms. The Hall–Kier alpha value is -1.38. The van der Waals surface area contributed by atoms with E-state index in [1.54, 1.807) is 0 Å². The molecule has 0 aliphatic rings. The summed E-state index contributed by atoms with van der Waals surface area (Å²) >= 11 is 0. The van der Waals surface area contributed by atoms with Gasteiger partial charge in [-0.3, -0.25) is 4.79 Å². The molecule has 0 spiro atoms. The van der Waals surface area contributed by atoms with E-state index in [0.29, 0.717) is 25.9 Å². The number of rotatable bonds is 16. The summed E-state index contributed by atoms with van der Waals surface area (Å²) in [6, 6.07) is 0. The molecule has 0 radical (unpaired) electrons. The molecule has 0 atom stereocenters. The van der Waals surface area contributed by atoms with Crippen LogP contribution in [0.5, 0.6) is 0 Å². The Morgan fingerprint density at radius 1 is 0.778 bits per heavy atom. The third-order valence-electron chi connectivity index (χ3n) is 3.62. The fourth-order valence-corrected chi connectivity index (χ4v) is 2.26. The summed E-state index contributed by atoms with van der Waals surface area (Å²) in [5.74, 6) is 0.0181. The maximum atomic E-state index is 11.7. The van der Waals surface area contributed by atoms with Gasteiger partial charge in [0.05, 0.1) is 0 Å². The van der Waals surface area contributed by atoms with E-state index >= 15 is 0 Å². The second-order valence-electron chi connectivity index (χ2n) is 7.59. The summed E-state index contributed by atoms with van der Waals surface area (Å²) in [4.78, 5) is 23.2. The summed E-state index contributed by atoms with van der Waals surface area (Å²) in [6.45, 7) is 11.3. The molecule has 0 heterocycles. The van der Waals surface area contributed by atoms with Crippen LogP contribution in [0.1, 0.15) is 59.3 Å². The number of hydrogen-bond acceptors (Lipinski definition) is 6. The van der Waals surface area contributed by atoms with Crippen LogP contribution in [0.3, 0.4) is 0 Å². The van der Waals surface area contributed by atoms with Gasteiger partial charge in [0.15, 0.2) is 0 Å². The number of unbranched alkanes of at least 4 members (excludes halogenated alkanes) is 1. The number of nitrogens with two attached hydrogens (primary N) is 1. The topological polar surface area (TPSA) is 118 Å². The highest BCUT2D eigenvalue weighted by atomic mass is 16.6. The molecule has 0 aliphatic heterocycles. The van der Waals surface area contributed by atoms with Gasteiger partial charge in [-0.2, -0.15) is 0 Å². The Morgan fingerprint density at radius 3 is 1.93 bits per heavy atom. The molecule has 0 rings (SSSR count). The predicted molar refractivity (Wildman–Crippen MR) is 110 cm³/mol. The molecule has 0 aromatic heterocycles. The lowest BCUT2D eigenvalue weighted by molar-refractivity contribution is -0.121. The van der Waals surface area contributed by atoms with Crippen molar-refractivity contribution < 1.29 is 14.3 Å². The summed E-state index contributed by atoms with van der Waals surface area (Å²) < 4.78 is 5.13. The highest BCUT2D eigenvalue weighted by Crippen LogP contribution is 2.06. The minimum Gasteiger partial charge on any atom is -0.444 e. The summed E-state index contributed by atoms with van der Waals surface area (Å²) in [5, 5.41) is 12.3. The van der Waals surface area contributed by atoms with Crippen LogP contribution >= 0.6 is 0 Å². The molecular weight excluding hydrogens is 346 g/mol. The van der Waals surface area contributed by atoms with Gasteiger partial charge in [0.25, 0.3) is 0 Å². The van der Waals surface area contributed by atoms with E-state index in [2.05, 4.69) is 21.3 Å². The number of carbonyl (C=O) groups is 2. The largest absolute Gasteiger partial charge is 0.444 e. The maximum absolute atomic E-state index is 11.7. The molecule has 2 amide bonds. The first kappa shape index (κ1) is 25.6. The fraction of sp³-hybridized carbons (Fsp3) is 0.895. The van der Waals surface area contributed by atoms with Crippen LogP contribution in [0.4, 0.5) is 4.79 Å². The zero-order valence-corrected chi connectivity index (χ0v) is 17.5. The molecule has 6 N–H and O–H groups in total. The number of nitrogens with one attached hydrogen (secondary N) is 4. The van der Waals surface area contributed by atoms with Crippen molar-refractivity contribution in [1.29, 1.82) is 0 Å². The van der Waals surface area contributed by atoms with Crippen molar-refractivity contribution in [3.63, 3.8) is 0 Å². The van der Waals surface area contributed by atoms with Gasteiger partial charge in [0.2, 0.25) is 5.91 Å². The Bertz CT molecular complexity index is 386. The smallest absolute Gasteiger partial charge is 0.407 e. The average Bonchev–Trinajstić information content (AvgIpc) is 2.58. The van der Waals surface area contributed by atoms with Crippen LogP contribution in [0.25, 0.3) is 0 Å². The monoisotopic (exact) mass is 387 g/mol. The zero-order valence-electron chi connectivity index (χ0n) is 17.5. The van der Waals surface area contributed by atoms with Crippen molar-refractivity contribution in [2.75, 3.05) is 45.8 Å². The minimum atomic E-state index is -0.503. The van der Waals surface area contributed by atoms with Gasteiger partial charge in [-0.05, 0) is 85.6 Å². The first-order chi connectivity index (χ1) is 12.8. The van der Waals surface area contributed by atoms with Crippen LogP contribution in [-0.2, 0) is 9.53 Å². The first-order valence-electron chi connectivity index (χ1n) is 10.2. The lowest BCUT2D eigenvalue weighted by atomic mass is 10.2. The van der Waals surface area contributed by atoms with E-state index in [0.717, 1.165) is 58.4 Å². The Labute approximate surface area is 164 Å². The Morgan fingerprint density at radius 2 is 1.33 bits per heavy atom. The van der Waals surface area contributed by atoms with E-state index in [1.165, 1.54) is 0 Å². The van der Waals surface area contributed by atoms with Crippen molar-refractivity contribution in [2.24, 2.45) is 5.73 Å². The Balaban J connectivity index is 3.32. The number of ether oxygens (including phenoxy) is 1. The number of carbonyl (C=O) groups excluding carboxylic acids is 2. The second-order valence-corrected chi connectivity index (χ2v) is 7.59. The normalized spacial score (nSPS) is 11.3. The molecule has 0 aliphatic carbocycles. The molecule has 0 unspecified atom stereocenters. The predicted octanol–water partition coefficient (Wildman–Crippen LogP) is 1.11. The van der Waals surface area contributed by atoms with Gasteiger partial charge in [-0.1, -0.05) is 0 Å². The lowest BCUT2D eigenvalue weighted by Gasteiger charge is -2.19. The summed E-state index contributed by atoms with van der Waals surface area (Å²) in [5.41, 5.74) is 4.93. The quantitative estimate of drug-likeness (QED) is 0.253. The molecule has 8 nitrogen and oxygen atoms in total. The molecule has 0 aromatic rings. The minimum absolute atomic E-state index is 0.0181. The van der Waals surface area contributed by atoms with E-state index in [-0.39, 0.29) is 5.91 Å². The third kappa shape index (κ3) is 20.8. The third-order valence-corrected chi connectivity index (χ3v) is 3.62. The van der Waals surface area contributed by atoms with Gasteiger partial charge in [-0.25, -0.2) is 4.79 Å². The standard InChI is InChI=1S/C19H41N5O3/c1-19(2,3)27-18(26)24-15-6-9-17(25)23-16-8-14-22-12-5-4-11-21-13-7-10-20/h21-22H,4-16,20H2,1-3H3,(H,23,25)(H,24,26). The zero-order chi connectivity index (χ0) is 20.4. The number of alkyl carbamates (subject to hydrolysis) is 1. The number of hydrogen-bond donors (Lipinski definition) is 5. The van der Waals surface area contributed by atoms with E-state index < -0.39 is 11.7 Å². The van der Waals surface area contributed by atoms with E-state index in [1.807, 2.05) is 20.8 Å². The maximum Gasteiger partial charge on any atom is 0.407 e. The van der Waals surface area contributed by atoms with Crippen molar-refractivity contribution in [3.05, 3.63) is 0 Å². The highest BCUT2D eigenvalue weighted by molar-refractivity contribution is 5.75. The van der Waals surface area contributed by atoms with Gasteiger partial charge in [0, 0.05) is 19.5 Å². The van der Waals surface area contributed by atoms with Crippen molar-refractivity contribution >= 4 is 12.0 Å². The van der Waals surface area contributed by atoms with Gasteiger partial charge in [-0.15, -0.1) is 0 Å². The van der Waals surface area contributed by atoms with Crippen LogP contribution in [0.2, 0.25) is 0 Å². The van der Waals surface area contributed by atoms with Crippen LogP contribution in [0, 0.1) is 0 Å². The molecule has 8 heteroatoms. The molecule has 0 fully saturated rings. The van der Waals surface area contributed by atoms with Gasteiger partial charge < -0.3 is 31.7 Å². The van der Waals surface area contributed by atoms with Gasteiger partial charge in [0.1, 0.15) is 5.60 Å². The summed E-state index contributed by atoms with van der Waals surface area (Å²) in [6.07, 6.45) is 4.81. The van der Waals surface area contributed by atoms with Crippen molar-refractivity contribution in [2.45, 2.75) is 64.9 Å². The number of amides is 2. The average molecular weight is 388 g/mol. The van der Waals surface area contributed by atoms with Crippen molar-refractivity contribution in [3.8, 4) is 0 Å². The van der Waals surface area contributed by atoms with Crippen molar-refractivity contribution in [1.82, 2.24) is 21.3 Å². The molecule has 0 saturated carbocycles. The molecule has 0 saturated heterocycles. The second kappa shape index (κ2) is 16.8. The lowest BCUT2D eigenvalue weighted by Crippen LogP contribution is -2.33. The Kier molecular flexibility index (Phi) is 15.9. The van der Waals surface area contributed by atoms with Crippen LogP contribution in [0.15, 0.2) is 0 Å². The van der Waals surface area contributed by atoms with Crippen LogP contribution in [-0.4, -0.2) is 63.4 Å². The molecule has 0 bridgehead atoms. The molecular formula is C19H41N5O3. The fourth-order valence-electron chi connectivity index (χ4n) is 2.26.